The third kappa shape index (κ3) is 2.87. The summed E-state index contributed by atoms with van der Waals surface area (Å²) in [7, 11) is 0. The third-order valence-electron chi connectivity index (χ3n) is 3.58. The monoisotopic (exact) mass is 348 g/mol. The van der Waals surface area contributed by atoms with Gasteiger partial charge in [0.1, 0.15) is 16.1 Å². The van der Waals surface area contributed by atoms with Crippen LogP contribution in [0.2, 0.25) is 0 Å². The van der Waals surface area contributed by atoms with Crippen molar-refractivity contribution >= 4 is 21.6 Å². The smallest absolute Gasteiger partial charge is 0.155 e. The molecule has 1 N–H and O–H groups in total. The third-order valence-corrected chi connectivity index (χ3v) is 3.99. The van der Waals surface area contributed by atoms with Gasteiger partial charge in [-0.25, -0.2) is 9.97 Å². The van der Waals surface area contributed by atoms with Crippen LogP contribution in [0, 0.1) is 13.8 Å². The summed E-state index contributed by atoms with van der Waals surface area (Å²) in [4.78, 5) is 8.53. The van der Waals surface area contributed by atoms with Crippen LogP contribution in [0.1, 0.15) is 35.7 Å². The average Bonchev–Trinajstić information content (AvgIpc) is 2.99. The maximum atomic E-state index is 5.59. The topological polar surface area (TPSA) is 55.4 Å². The molecular formula is C15H17BrN4O. The Morgan fingerprint density at radius 1 is 1.33 bits per heavy atom. The highest BCUT2D eigenvalue weighted by Crippen LogP contribution is 2.21. The lowest BCUT2D eigenvalue weighted by atomic mass is 10.1. The number of imidazole rings is 1. The molecule has 0 spiro atoms. The second-order valence-electron chi connectivity index (χ2n) is 5.16. The second kappa shape index (κ2) is 5.61. The van der Waals surface area contributed by atoms with E-state index in [0.717, 1.165) is 34.0 Å². The number of furan rings is 1. The maximum absolute atomic E-state index is 5.59. The Labute approximate surface area is 131 Å². The standard InChI is InChI=1S/C15H17BrN4O/c1-9-4-13(11(3)21-9)10(2)17-5-12-6-19-15-7-18-14(16)8-20(12)15/h4,6-8,10,17H,5H2,1-3H3. The molecule has 3 heterocycles. The Morgan fingerprint density at radius 3 is 2.86 bits per heavy atom. The van der Waals surface area contributed by atoms with Crippen LogP contribution in [0.25, 0.3) is 5.65 Å². The molecule has 0 aliphatic carbocycles. The Hall–Kier alpha value is -1.66. The number of hydrogen-bond donors (Lipinski definition) is 1. The van der Waals surface area contributed by atoms with E-state index >= 15 is 0 Å². The molecule has 21 heavy (non-hydrogen) atoms. The molecule has 0 radical (unpaired) electrons. The molecule has 0 bridgehead atoms. The summed E-state index contributed by atoms with van der Waals surface area (Å²) in [5.74, 6) is 1.92. The Bertz CT molecular complexity index is 777. The van der Waals surface area contributed by atoms with E-state index in [0.29, 0.717) is 0 Å². The number of hydrogen-bond acceptors (Lipinski definition) is 4. The lowest BCUT2D eigenvalue weighted by Crippen LogP contribution is -2.19. The maximum Gasteiger partial charge on any atom is 0.155 e. The molecule has 5 nitrogen and oxygen atoms in total. The molecule has 0 saturated carbocycles. The predicted octanol–water partition coefficient (Wildman–Crippen LogP) is 3.55. The van der Waals surface area contributed by atoms with E-state index in [9.17, 15) is 0 Å². The number of nitrogens with zero attached hydrogens (tertiary/aromatic N) is 3. The molecule has 1 atom stereocenters. The van der Waals surface area contributed by atoms with E-state index in [1.54, 1.807) is 6.20 Å². The summed E-state index contributed by atoms with van der Waals surface area (Å²) in [5.41, 5.74) is 3.14. The van der Waals surface area contributed by atoms with E-state index in [1.807, 2.05) is 30.6 Å². The molecule has 0 aliphatic rings. The molecule has 0 fully saturated rings. The van der Waals surface area contributed by atoms with Gasteiger partial charge in [0, 0.05) is 24.3 Å². The Morgan fingerprint density at radius 2 is 2.14 bits per heavy atom. The summed E-state index contributed by atoms with van der Waals surface area (Å²) in [6.07, 6.45) is 5.55. The molecular weight excluding hydrogens is 332 g/mol. The molecule has 110 valence electrons. The lowest BCUT2D eigenvalue weighted by molar-refractivity contribution is 0.489. The van der Waals surface area contributed by atoms with E-state index < -0.39 is 0 Å². The fourth-order valence-corrected chi connectivity index (χ4v) is 2.80. The van der Waals surface area contributed by atoms with Crippen molar-refractivity contribution in [2.24, 2.45) is 0 Å². The highest BCUT2D eigenvalue weighted by atomic mass is 79.9. The fourth-order valence-electron chi connectivity index (χ4n) is 2.49. The van der Waals surface area contributed by atoms with Crippen LogP contribution < -0.4 is 5.32 Å². The van der Waals surface area contributed by atoms with Crippen molar-refractivity contribution in [3.05, 3.63) is 52.0 Å². The van der Waals surface area contributed by atoms with Crippen LogP contribution >= 0.6 is 15.9 Å². The summed E-state index contributed by atoms with van der Waals surface area (Å²) < 4.78 is 8.41. The minimum absolute atomic E-state index is 0.221. The van der Waals surface area contributed by atoms with E-state index in [1.165, 1.54) is 5.56 Å². The average molecular weight is 349 g/mol. The fraction of sp³-hybridized carbons (Fsp3) is 0.333. The van der Waals surface area contributed by atoms with Gasteiger partial charge in [0.05, 0.1) is 18.1 Å². The van der Waals surface area contributed by atoms with Gasteiger partial charge in [-0.05, 0) is 42.8 Å². The zero-order valence-electron chi connectivity index (χ0n) is 12.2. The quantitative estimate of drug-likeness (QED) is 0.783. The van der Waals surface area contributed by atoms with Crippen LogP contribution in [0.4, 0.5) is 0 Å². The molecule has 6 heteroatoms. The van der Waals surface area contributed by atoms with Crippen molar-refractivity contribution in [2.45, 2.75) is 33.4 Å². The highest BCUT2D eigenvalue weighted by molar-refractivity contribution is 9.10. The molecule has 3 aromatic rings. The molecule has 1 unspecified atom stereocenters. The summed E-state index contributed by atoms with van der Waals surface area (Å²) in [6.45, 7) is 6.83. The molecule has 0 amide bonds. The van der Waals surface area contributed by atoms with Crippen molar-refractivity contribution < 1.29 is 4.42 Å². The molecule has 3 aromatic heterocycles. The number of rotatable bonds is 4. The van der Waals surface area contributed by atoms with Gasteiger partial charge in [-0.2, -0.15) is 0 Å². The Balaban J connectivity index is 1.77. The number of aromatic nitrogens is 3. The van der Waals surface area contributed by atoms with Gasteiger partial charge in [0.25, 0.3) is 0 Å². The van der Waals surface area contributed by atoms with Gasteiger partial charge in [0.15, 0.2) is 5.65 Å². The van der Waals surface area contributed by atoms with Crippen LogP contribution in [0.3, 0.4) is 0 Å². The van der Waals surface area contributed by atoms with Crippen molar-refractivity contribution in [1.82, 2.24) is 19.7 Å². The van der Waals surface area contributed by atoms with Gasteiger partial charge in [-0.3, -0.25) is 4.40 Å². The van der Waals surface area contributed by atoms with Crippen molar-refractivity contribution in [1.29, 1.82) is 0 Å². The van der Waals surface area contributed by atoms with E-state index in [-0.39, 0.29) is 6.04 Å². The minimum atomic E-state index is 0.221. The van der Waals surface area contributed by atoms with Gasteiger partial charge >= 0.3 is 0 Å². The van der Waals surface area contributed by atoms with Crippen molar-refractivity contribution in [3.63, 3.8) is 0 Å². The molecule has 0 saturated heterocycles. The minimum Gasteiger partial charge on any atom is -0.466 e. The summed E-state index contributed by atoms with van der Waals surface area (Å²) in [6, 6.07) is 2.31. The predicted molar refractivity (Wildman–Crippen MR) is 84.1 cm³/mol. The van der Waals surface area contributed by atoms with Crippen LogP contribution in [-0.4, -0.2) is 14.4 Å². The van der Waals surface area contributed by atoms with Crippen LogP contribution in [0.5, 0.6) is 0 Å². The zero-order valence-corrected chi connectivity index (χ0v) is 13.8. The van der Waals surface area contributed by atoms with Gasteiger partial charge in [-0.15, -0.1) is 0 Å². The van der Waals surface area contributed by atoms with E-state index in [4.69, 9.17) is 4.42 Å². The number of aryl methyl sites for hydroxylation is 2. The summed E-state index contributed by atoms with van der Waals surface area (Å²) >= 11 is 3.39. The van der Waals surface area contributed by atoms with E-state index in [2.05, 4.69) is 44.2 Å². The number of nitrogens with one attached hydrogen (secondary N) is 1. The van der Waals surface area contributed by atoms with Gasteiger partial charge in [-0.1, -0.05) is 0 Å². The van der Waals surface area contributed by atoms with Crippen LogP contribution in [0.15, 0.2) is 33.7 Å². The SMILES string of the molecule is Cc1cc(C(C)NCc2cnc3cnc(Br)cn23)c(C)o1. The summed E-state index contributed by atoms with van der Waals surface area (Å²) in [5, 5.41) is 3.51. The first-order valence-corrected chi connectivity index (χ1v) is 7.61. The molecule has 0 aliphatic heterocycles. The normalized spacial score (nSPS) is 13.0. The van der Waals surface area contributed by atoms with Crippen molar-refractivity contribution in [3.8, 4) is 0 Å². The Kier molecular flexibility index (Phi) is 3.82. The van der Waals surface area contributed by atoms with Crippen molar-refractivity contribution in [2.75, 3.05) is 0 Å². The number of fused-ring (bicyclic) bond motifs is 1. The first kappa shape index (κ1) is 14.3. The molecule has 3 rings (SSSR count). The second-order valence-corrected chi connectivity index (χ2v) is 5.97. The zero-order chi connectivity index (χ0) is 15.0. The number of halogens is 1. The highest BCUT2D eigenvalue weighted by Gasteiger charge is 2.13. The van der Waals surface area contributed by atoms with Gasteiger partial charge in [0.2, 0.25) is 0 Å². The largest absolute Gasteiger partial charge is 0.466 e. The van der Waals surface area contributed by atoms with Crippen LogP contribution in [-0.2, 0) is 6.54 Å². The lowest BCUT2D eigenvalue weighted by Gasteiger charge is -2.13. The van der Waals surface area contributed by atoms with Gasteiger partial charge < -0.3 is 9.73 Å². The first-order valence-electron chi connectivity index (χ1n) is 6.82. The molecule has 0 aromatic carbocycles. The first-order chi connectivity index (χ1) is 10.0.